The lowest BCUT2D eigenvalue weighted by Gasteiger charge is -2.17. The molecule has 0 aliphatic rings. The number of ether oxygens (including phenoxy) is 1. The van der Waals surface area contributed by atoms with Gasteiger partial charge in [0, 0.05) is 19.4 Å². The fourth-order valence-electron chi connectivity index (χ4n) is 1.83. The minimum absolute atomic E-state index is 0.0487. The standard InChI is InChI=1S/C15H14F2N4O2/c1-20(9-13-19-6-7-21(13)15(16)17)14(22)10-23-12-4-2-11(8-18)3-5-12/h2-7,15H,9-10H2,1H3. The van der Waals surface area contributed by atoms with Crippen LogP contribution in [0.5, 0.6) is 5.75 Å². The summed E-state index contributed by atoms with van der Waals surface area (Å²) in [5.41, 5.74) is 0.486. The number of alkyl halides is 2. The summed E-state index contributed by atoms with van der Waals surface area (Å²) in [5, 5.41) is 8.69. The van der Waals surface area contributed by atoms with Crippen molar-refractivity contribution in [1.82, 2.24) is 14.5 Å². The van der Waals surface area contributed by atoms with E-state index in [4.69, 9.17) is 10.00 Å². The highest BCUT2D eigenvalue weighted by atomic mass is 19.3. The molecule has 0 radical (unpaired) electrons. The first kappa shape index (κ1) is 16.4. The molecular weight excluding hydrogens is 306 g/mol. The number of likely N-dealkylation sites (N-methyl/N-ethyl adjacent to an activating group) is 1. The zero-order chi connectivity index (χ0) is 16.8. The predicted octanol–water partition coefficient (Wildman–Crippen LogP) is 2.19. The summed E-state index contributed by atoms with van der Waals surface area (Å²) in [6.45, 7) is -2.99. The van der Waals surface area contributed by atoms with Crippen molar-refractivity contribution >= 4 is 5.91 Å². The lowest BCUT2D eigenvalue weighted by Crippen LogP contribution is -2.32. The van der Waals surface area contributed by atoms with Gasteiger partial charge in [0.25, 0.3) is 5.91 Å². The van der Waals surface area contributed by atoms with Crippen molar-refractivity contribution in [3.63, 3.8) is 0 Å². The summed E-state index contributed by atoms with van der Waals surface area (Å²) in [6.07, 6.45) is 2.42. The quantitative estimate of drug-likeness (QED) is 0.818. The van der Waals surface area contributed by atoms with E-state index in [0.717, 1.165) is 6.20 Å². The van der Waals surface area contributed by atoms with E-state index in [1.165, 1.54) is 18.1 Å². The lowest BCUT2D eigenvalue weighted by atomic mass is 10.2. The third-order valence-corrected chi connectivity index (χ3v) is 3.11. The van der Waals surface area contributed by atoms with Gasteiger partial charge in [0.05, 0.1) is 18.2 Å². The minimum atomic E-state index is -2.70. The van der Waals surface area contributed by atoms with Crippen LogP contribution in [0.2, 0.25) is 0 Å². The lowest BCUT2D eigenvalue weighted by molar-refractivity contribution is -0.132. The third-order valence-electron chi connectivity index (χ3n) is 3.11. The zero-order valence-corrected chi connectivity index (χ0v) is 12.3. The number of imidazole rings is 1. The Morgan fingerprint density at radius 2 is 2.13 bits per heavy atom. The molecule has 0 saturated heterocycles. The van der Waals surface area contributed by atoms with Gasteiger partial charge >= 0.3 is 6.55 Å². The van der Waals surface area contributed by atoms with Gasteiger partial charge in [0.1, 0.15) is 11.6 Å². The summed E-state index contributed by atoms with van der Waals surface area (Å²) in [6, 6.07) is 8.28. The molecular formula is C15H14F2N4O2. The summed E-state index contributed by atoms with van der Waals surface area (Å²) >= 11 is 0. The van der Waals surface area contributed by atoms with Gasteiger partial charge in [0.2, 0.25) is 0 Å². The molecule has 23 heavy (non-hydrogen) atoms. The number of nitriles is 1. The Bertz CT molecular complexity index is 707. The van der Waals surface area contributed by atoms with Crippen LogP contribution in [0.3, 0.4) is 0 Å². The molecule has 1 aromatic heterocycles. The Morgan fingerprint density at radius 3 is 2.74 bits per heavy atom. The van der Waals surface area contributed by atoms with Gasteiger partial charge in [-0.05, 0) is 24.3 Å². The number of amides is 1. The van der Waals surface area contributed by atoms with Crippen LogP contribution in [0.15, 0.2) is 36.7 Å². The van der Waals surface area contributed by atoms with E-state index in [1.807, 2.05) is 6.07 Å². The van der Waals surface area contributed by atoms with Crippen LogP contribution in [0.25, 0.3) is 0 Å². The fraction of sp³-hybridized carbons (Fsp3) is 0.267. The smallest absolute Gasteiger partial charge is 0.319 e. The van der Waals surface area contributed by atoms with Crippen molar-refractivity contribution in [2.45, 2.75) is 13.1 Å². The van der Waals surface area contributed by atoms with Gasteiger partial charge in [0.15, 0.2) is 6.61 Å². The number of benzene rings is 1. The molecule has 0 fully saturated rings. The van der Waals surface area contributed by atoms with Gasteiger partial charge in [-0.15, -0.1) is 0 Å². The van der Waals surface area contributed by atoms with Crippen molar-refractivity contribution in [2.24, 2.45) is 0 Å². The van der Waals surface area contributed by atoms with Gasteiger partial charge in [-0.1, -0.05) is 0 Å². The first-order valence-electron chi connectivity index (χ1n) is 6.68. The Hall–Kier alpha value is -2.95. The van der Waals surface area contributed by atoms with E-state index in [-0.39, 0.29) is 24.9 Å². The van der Waals surface area contributed by atoms with Gasteiger partial charge < -0.3 is 9.64 Å². The molecule has 0 spiro atoms. The van der Waals surface area contributed by atoms with Crippen LogP contribution in [-0.4, -0.2) is 34.0 Å². The van der Waals surface area contributed by atoms with Crippen molar-refractivity contribution < 1.29 is 18.3 Å². The predicted molar refractivity (Wildman–Crippen MR) is 76.6 cm³/mol. The number of halogens is 2. The number of carbonyl (C=O) groups excluding carboxylic acids is 1. The van der Waals surface area contributed by atoms with Crippen LogP contribution < -0.4 is 4.74 Å². The molecule has 1 aromatic carbocycles. The van der Waals surface area contributed by atoms with E-state index in [0.29, 0.717) is 15.9 Å². The summed E-state index contributed by atoms with van der Waals surface area (Å²) in [7, 11) is 1.48. The highest BCUT2D eigenvalue weighted by Crippen LogP contribution is 2.14. The topological polar surface area (TPSA) is 71.2 Å². The van der Waals surface area contributed by atoms with Crippen molar-refractivity contribution in [1.29, 1.82) is 5.26 Å². The average molecular weight is 320 g/mol. The van der Waals surface area contributed by atoms with Gasteiger partial charge in [-0.2, -0.15) is 14.0 Å². The Labute approximate surface area is 131 Å². The molecule has 120 valence electrons. The molecule has 2 aromatic rings. The van der Waals surface area contributed by atoms with E-state index >= 15 is 0 Å². The molecule has 8 heteroatoms. The molecule has 0 atom stereocenters. The SMILES string of the molecule is CN(Cc1nccn1C(F)F)C(=O)COc1ccc(C#N)cc1. The van der Waals surface area contributed by atoms with Gasteiger partial charge in [-0.25, -0.2) is 4.98 Å². The first-order chi connectivity index (χ1) is 11.0. The molecule has 0 saturated carbocycles. The molecule has 6 nitrogen and oxygen atoms in total. The van der Waals surface area contributed by atoms with Crippen molar-refractivity contribution in [3.05, 3.63) is 48.0 Å². The highest BCUT2D eigenvalue weighted by Gasteiger charge is 2.16. The minimum Gasteiger partial charge on any atom is -0.484 e. The maximum atomic E-state index is 12.7. The first-order valence-corrected chi connectivity index (χ1v) is 6.68. The third kappa shape index (κ3) is 4.26. The Balaban J connectivity index is 1.89. The van der Waals surface area contributed by atoms with E-state index in [2.05, 4.69) is 4.98 Å². The average Bonchev–Trinajstić information content (AvgIpc) is 3.01. The number of aromatic nitrogens is 2. The highest BCUT2D eigenvalue weighted by molar-refractivity contribution is 5.77. The summed E-state index contributed by atoms with van der Waals surface area (Å²) in [4.78, 5) is 17.0. The maximum absolute atomic E-state index is 12.7. The van der Waals surface area contributed by atoms with Crippen LogP contribution in [0.1, 0.15) is 17.9 Å². The zero-order valence-electron chi connectivity index (χ0n) is 12.3. The monoisotopic (exact) mass is 320 g/mol. The second-order valence-corrected chi connectivity index (χ2v) is 4.70. The molecule has 0 bridgehead atoms. The van der Waals surface area contributed by atoms with Crippen molar-refractivity contribution in [2.75, 3.05) is 13.7 Å². The normalized spacial score (nSPS) is 10.4. The number of nitrogens with zero attached hydrogens (tertiary/aromatic N) is 4. The van der Waals surface area contributed by atoms with E-state index in [9.17, 15) is 13.6 Å². The fourth-order valence-corrected chi connectivity index (χ4v) is 1.83. The van der Waals surface area contributed by atoms with Crippen molar-refractivity contribution in [3.8, 4) is 11.8 Å². The van der Waals surface area contributed by atoms with E-state index in [1.54, 1.807) is 24.3 Å². The van der Waals surface area contributed by atoms with Crippen LogP contribution in [0.4, 0.5) is 8.78 Å². The largest absolute Gasteiger partial charge is 0.484 e. The van der Waals surface area contributed by atoms with Gasteiger partial charge in [-0.3, -0.25) is 9.36 Å². The number of hydrogen-bond donors (Lipinski definition) is 0. The Morgan fingerprint density at radius 1 is 1.43 bits per heavy atom. The second kappa shape index (κ2) is 7.35. The molecule has 1 heterocycles. The molecule has 2 rings (SSSR count). The van der Waals surface area contributed by atoms with Crippen LogP contribution in [0, 0.1) is 11.3 Å². The maximum Gasteiger partial charge on any atom is 0.319 e. The summed E-state index contributed by atoms with van der Waals surface area (Å²) in [5.74, 6) is 0.159. The molecule has 0 aliphatic heterocycles. The molecule has 0 unspecified atom stereocenters. The molecule has 0 aliphatic carbocycles. The number of carbonyl (C=O) groups is 1. The van der Waals surface area contributed by atoms with Crippen LogP contribution >= 0.6 is 0 Å². The number of hydrogen-bond acceptors (Lipinski definition) is 4. The Kier molecular flexibility index (Phi) is 5.25. The van der Waals surface area contributed by atoms with E-state index < -0.39 is 6.55 Å². The summed E-state index contributed by atoms with van der Waals surface area (Å²) < 4.78 is 31.4. The number of rotatable bonds is 6. The molecule has 0 N–H and O–H groups in total. The van der Waals surface area contributed by atoms with Crippen LogP contribution in [-0.2, 0) is 11.3 Å². The molecule has 1 amide bonds. The second-order valence-electron chi connectivity index (χ2n) is 4.70.